The Balaban J connectivity index is 3.50. The van der Waals surface area contributed by atoms with E-state index in [0.29, 0.717) is 10.0 Å². The lowest BCUT2D eigenvalue weighted by Crippen LogP contribution is -2.01. The van der Waals surface area contributed by atoms with Crippen molar-refractivity contribution < 1.29 is 12.8 Å². The Hall–Kier alpha value is -0.420. The molecular weight excluding hydrogens is 259 g/mol. The molecule has 0 radical (unpaired) electrons. The van der Waals surface area contributed by atoms with Gasteiger partial charge in [0.25, 0.3) is 0 Å². The molecule has 1 aromatic carbocycles. The number of sulfone groups is 1. The fourth-order valence-electron chi connectivity index (χ4n) is 0.915. The van der Waals surface area contributed by atoms with E-state index in [0.717, 1.165) is 12.3 Å². The Bertz CT molecular complexity index is 440. The topological polar surface area (TPSA) is 34.1 Å². The SMILES string of the molecule is Cc1cc(S(C)(=O)=O)c(F)cc1Br. The normalized spacial score (nSPS) is 11.7. The van der Waals surface area contributed by atoms with E-state index in [2.05, 4.69) is 15.9 Å². The van der Waals surface area contributed by atoms with Crippen LogP contribution in [0.1, 0.15) is 5.56 Å². The smallest absolute Gasteiger partial charge is 0.178 e. The lowest BCUT2D eigenvalue weighted by Gasteiger charge is -2.03. The number of hydrogen-bond donors (Lipinski definition) is 0. The Kier molecular flexibility index (Phi) is 2.77. The van der Waals surface area contributed by atoms with Crippen LogP contribution in [-0.2, 0) is 9.84 Å². The highest BCUT2D eigenvalue weighted by Crippen LogP contribution is 2.23. The molecule has 72 valence electrons. The summed E-state index contributed by atoms with van der Waals surface area (Å²) >= 11 is 3.11. The van der Waals surface area contributed by atoms with Crippen molar-refractivity contribution in [2.24, 2.45) is 0 Å². The second kappa shape index (κ2) is 3.38. The van der Waals surface area contributed by atoms with Gasteiger partial charge >= 0.3 is 0 Å². The molecular formula is C8H8BrFO2S. The molecule has 0 saturated carbocycles. The number of halogens is 2. The van der Waals surface area contributed by atoms with Crippen molar-refractivity contribution in [1.82, 2.24) is 0 Å². The van der Waals surface area contributed by atoms with E-state index in [-0.39, 0.29) is 4.90 Å². The van der Waals surface area contributed by atoms with Crippen molar-refractivity contribution in [2.75, 3.05) is 6.26 Å². The van der Waals surface area contributed by atoms with E-state index in [1.54, 1.807) is 6.92 Å². The third-order valence-corrected chi connectivity index (χ3v) is 3.58. The van der Waals surface area contributed by atoms with E-state index < -0.39 is 15.7 Å². The van der Waals surface area contributed by atoms with Crippen LogP contribution in [0.25, 0.3) is 0 Å². The molecule has 0 N–H and O–H groups in total. The minimum absolute atomic E-state index is 0.256. The Labute approximate surface area is 84.8 Å². The number of benzene rings is 1. The summed E-state index contributed by atoms with van der Waals surface area (Å²) in [5.41, 5.74) is 0.696. The van der Waals surface area contributed by atoms with Gasteiger partial charge in [0.2, 0.25) is 0 Å². The van der Waals surface area contributed by atoms with Gasteiger partial charge in [-0.3, -0.25) is 0 Å². The van der Waals surface area contributed by atoms with Gasteiger partial charge in [-0.2, -0.15) is 0 Å². The van der Waals surface area contributed by atoms with Crippen molar-refractivity contribution in [3.8, 4) is 0 Å². The monoisotopic (exact) mass is 266 g/mol. The van der Waals surface area contributed by atoms with Gasteiger partial charge in [-0.05, 0) is 24.6 Å². The Morgan fingerprint density at radius 2 is 1.92 bits per heavy atom. The van der Waals surface area contributed by atoms with E-state index in [9.17, 15) is 12.8 Å². The predicted octanol–water partition coefficient (Wildman–Crippen LogP) is 2.30. The number of rotatable bonds is 1. The van der Waals surface area contributed by atoms with Crippen molar-refractivity contribution in [3.63, 3.8) is 0 Å². The van der Waals surface area contributed by atoms with Crippen LogP contribution in [0.5, 0.6) is 0 Å². The van der Waals surface area contributed by atoms with Crippen molar-refractivity contribution in [1.29, 1.82) is 0 Å². The predicted molar refractivity (Wildman–Crippen MR) is 51.9 cm³/mol. The molecule has 0 spiro atoms. The zero-order valence-corrected chi connectivity index (χ0v) is 9.54. The highest BCUT2D eigenvalue weighted by atomic mass is 79.9. The molecule has 13 heavy (non-hydrogen) atoms. The van der Waals surface area contributed by atoms with Crippen LogP contribution in [0.3, 0.4) is 0 Å². The average molecular weight is 267 g/mol. The van der Waals surface area contributed by atoms with Crippen LogP contribution in [0.15, 0.2) is 21.5 Å². The Morgan fingerprint density at radius 3 is 2.38 bits per heavy atom. The minimum atomic E-state index is -3.47. The van der Waals surface area contributed by atoms with E-state index >= 15 is 0 Å². The van der Waals surface area contributed by atoms with Gasteiger partial charge in [0.15, 0.2) is 9.84 Å². The summed E-state index contributed by atoms with van der Waals surface area (Å²) in [4.78, 5) is -0.256. The van der Waals surface area contributed by atoms with Crippen molar-refractivity contribution >= 4 is 25.8 Å². The van der Waals surface area contributed by atoms with Crippen LogP contribution < -0.4 is 0 Å². The molecule has 0 aliphatic carbocycles. The summed E-state index contributed by atoms with van der Waals surface area (Å²) in [7, 11) is -3.47. The highest BCUT2D eigenvalue weighted by Gasteiger charge is 2.14. The minimum Gasteiger partial charge on any atom is -0.224 e. The first kappa shape index (κ1) is 10.7. The van der Waals surface area contributed by atoms with Crippen LogP contribution in [-0.4, -0.2) is 14.7 Å². The second-order valence-corrected chi connectivity index (χ2v) is 5.64. The molecule has 0 amide bonds. The van der Waals surface area contributed by atoms with Gasteiger partial charge in [0.1, 0.15) is 10.7 Å². The Morgan fingerprint density at radius 1 is 1.38 bits per heavy atom. The van der Waals surface area contributed by atoms with Crippen LogP contribution in [0, 0.1) is 12.7 Å². The zero-order chi connectivity index (χ0) is 10.2. The average Bonchev–Trinajstić information content (AvgIpc) is 1.94. The molecule has 1 aromatic rings. The fourth-order valence-corrected chi connectivity index (χ4v) is 2.03. The van der Waals surface area contributed by atoms with Gasteiger partial charge in [-0.25, -0.2) is 12.8 Å². The third kappa shape index (κ3) is 2.28. The first-order valence-corrected chi connectivity index (χ1v) is 6.16. The summed E-state index contributed by atoms with van der Waals surface area (Å²) in [6.07, 6.45) is 0.985. The summed E-state index contributed by atoms with van der Waals surface area (Å²) in [6, 6.07) is 2.47. The molecule has 0 unspecified atom stereocenters. The van der Waals surface area contributed by atoms with Crippen LogP contribution in [0.2, 0.25) is 0 Å². The quantitative estimate of drug-likeness (QED) is 0.782. The molecule has 0 heterocycles. The summed E-state index contributed by atoms with van der Waals surface area (Å²) in [6.45, 7) is 1.71. The van der Waals surface area contributed by atoms with Gasteiger partial charge in [0.05, 0.1) is 0 Å². The first-order valence-electron chi connectivity index (χ1n) is 3.48. The van der Waals surface area contributed by atoms with Crippen molar-refractivity contribution in [3.05, 3.63) is 28.0 Å². The maximum atomic E-state index is 13.1. The largest absolute Gasteiger partial charge is 0.224 e. The standard InChI is InChI=1S/C8H8BrFO2S/c1-5-3-8(13(2,11)12)7(10)4-6(5)9/h3-4H,1-2H3. The molecule has 0 saturated heterocycles. The molecule has 0 aliphatic rings. The van der Waals surface area contributed by atoms with E-state index in [1.807, 2.05) is 0 Å². The molecule has 0 fully saturated rings. The molecule has 1 rings (SSSR count). The number of hydrogen-bond acceptors (Lipinski definition) is 2. The van der Waals surface area contributed by atoms with Gasteiger partial charge in [-0.1, -0.05) is 15.9 Å². The number of aryl methyl sites for hydroxylation is 1. The lowest BCUT2D eigenvalue weighted by atomic mass is 10.2. The molecule has 0 atom stereocenters. The van der Waals surface area contributed by atoms with Gasteiger partial charge in [-0.15, -0.1) is 0 Å². The van der Waals surface area contributed by atoms with Crippen LogP contribution in [0.4, 0.5) is 4.39 Å². The summed E-state index contributed by atoms with van der Waals surface area (Å²) in [5, 5.41) is 0. The zero-order valence-electron chi connectivity index (χ0n) is 7.14. The van der Waals surface area contributed by atoms with E-state index in [4.69, 9.17) is 0 Å². The van der Waals surface area contributed by atoms with Gasteiger partial charge in [0, 0.05) is 10.7 Å². The molecule has 2 nitrogen and oxygen atoms in total. The van der Waals surface area contributed by atoms with E-state index in [1.165, 1.54) is 6.07 Å². The summed E-state index contributed by atoms with van der Waals surface area (Å²) < 4.78 is 35.8. The van der Waals surface area contributed by atoms with Crippen molar-refractivity contribution in [2.45, 2.75) is 11.8 Å². The second-order valence-electron chi connectivity index (χ2n) is 2.80. The maximum absolute atomic E-state index is 13.1. The first-order chi connectivity index (χ1) is 5.82. The molecule has 0 aromatic heterocycles. The highest BCUT2D eigenvalue weighted by molar-refractivity contribution is 9.10. The third-order valence-electron chi connectivity index (χ3n) is 1.61. The molecule has 5 heteroatoms. The maximum Gasteiger partial charge on any atom is 0.178 e. The lowest BCUT2D eigenvalue weighted by molar-refractivity contribution is 0.569. The molecule has 0 aliphatic heterocycles. The fraction of sp³-hybridized carbons (Fsp3) is 0.250. The van der Waals surface area contributed by atoms with Gasteiger partial charge < -0.3 is 0 Å². The molecule has 0 bridgehead atoms. The summed E-state index contributed by atoms with van der Waals surface area (Å²) in [5.74, 6) is -0.722. The van der Waals surface area contributed by atoms with Crippen LogP contribution >= 0.6 is 15.9 Å².